The van der Waals surface area contributed by atoms with Gasteiger partial charge in [0.2, 0.25) is 0 Å². The Kier molecular flexibility index (Phi) is 3.83. The molecule has 1 N–H and O–H groups in total. The summed E-state index contributed by atoms with van der Waals surface area (Å²) >= 11 is 2.38. The van der Waals surface area contributed by atoms with Crippen LogP contribution in [0.5, 0.6) is 0 Å². The summed E-state index contributed by atoms with van der Waals surface area (Å²) < 4.78 is 0.608. The molecular formula is C12H9N3O2S2. The van der Waals surface area contributed by atoms with Crippen molar-refractivity contribution < 1.29 is 9.90 Å². The van der Waals surface area contributed by atoms with Gasteiger partial charge in [0.1, 0.15) is 9.90 Å². The maximum absolute atomic E-state index is 10.9. The lowest BCUT2D eigenvalue weighted by Gasteiger charge is -1.99. The smallest absolute Gasteiger partial charge is 0.347 e. The van der Waals surface area contributed by atoms with Gasteiger partial charge in [0.15, 0.2) is 4.34 Å². The minimum Gasteiger partial charge on any atom is -0.477 e. The Hall–Kier alpha value is -1.91. The minimum atomic E-state index is -0.975. The van der Waals surface area contributed by atoms with Crippen molar-refractivity contribution in [3.63, 3.8) is 0 Å². The number of carbonyl (C=O) groups is 1. The summed E-state index contributed by atoms with van der Waals surface area (Å²) in [7, 11) is 0. The van der Waals surface area contributed by atoms with E-state index in [-0.39, 0.29) is 4.88 Å². The number of hydrogen-bond donors (Lipinski definition) is 1. The Morgan fingerprint density at radius 2 is 2.16 bits per heavy atom. The van der Waals surface area contributed by atoms with Gasteiger partial charge >= 0.3 is 5.97 Å². The molecule has 0 radical (unpaired) electrons. The monoisotopic (exact) mass is 291 g/mol. The molecule has 0 aliphatic heterocycles. The largest absolute Gasteiger partial charge is 0.477 e. The number of pyridine rings is 1. The van der Waals surface area contributed by atoms with Crippen LogP contribution in [0.2, 0.25) is 0 Å². The second-order valence-electron chi connectivity index (χ2n) is 3.75. The quantitative estimate of drug-likeness (QED) is 0.935. The van der Waals surface area contributed by atoms with E-state index in [2.05, 4.69) is 16.0 Å². The highest BCUT2D eigenvalue weighted by molar-refractivity contribution is 8.01. The van der Waals surface area contributed by atoms with Crippen LogP contribution >= 0.6 is 23.1 Å². The zero-order valence-electron chi connectivity index (χ0n) is 10.2. The highest BCUT2D eigenvalue weighted by Crippen LogP contribution is 2.32. The molecule has 96 valence electrons. The molecule has 0 aliphatic rings. The van der Waals surface area contributed by atoms with Gasteiger partial charge in [-0.25, -0.2) is 14.8 Å². The van der Waals surface area contributed by atoms with Gasteiger partial charge < -0.3 is 5.11 Å². The van der Waals surface area contributed by atoms with Crippen LogP contribution in [0, 0.1) is 25.2 Å². The van der Waals surface area contributed by atoms with E-state index in [4.69, 9.17) is 10.4 Å². The number of rotatable bonds is 3. The zero-order valence-corrected chi connectivity index (χ0v) is 11.8. The molecule has 19 heavy (non-hydrogen) atoms. The standard InChI is InChI=1S/C12H9N3O2S2/c1-6-3-8(5-13)4-9(14-6)18-12-15-7(2)10(19-12)11(16)17/h3-4H,1-2H3,(H,16,17). The summed E-state index contributed by atoms with van der Waals surface area (Å²) in [6.45, 7) is 3.47. The van der Waals surface area contributed by atoms with Gasteiger partial charge in [-0.2, -0.15) is 5.26 Å². The van der Waals surface area contributed by atoms with Crippen LogP contribution < -0.4 is 0 Å². The Morgan fingerprint density at radius 3 is 2.74 bits per heavy atom. The van der Waals surface area contributed by atoms with Crippen LogP contribution in [0.4, 0.5) is 0 Å². The molecule has 0 aliphatic carbocycles. The third kappa shape index (κ3) is 3.10. The molecule has 2 rings (SSSR count). The SMILES string of the molecule is Cc1cc(C#N)cc(Sc2nc(C)c(C(=O)O)s2)n1. The normalized spacial score (nSPS) is 10.2. The zero-order chi connectivity index (χ0) is 14.0. The Bertz CT molecular complexity index is 689. The number of carboxylic acids is 1. The van der Waals surface area contributed by atoms with E-state index in [0.717, 1.165) is 17.0 Å². The van der Waals surface area contributed by atoms with Crippen molar-refractivity contribution in [3.8, 4) is 6.07 Å². The minimum absolute atomic E-state index is 0.232. The first-order chi connectivity index (χ1) is 8.99. The second kappa shape index (κ2) is 5.38. The molecule has 0 unspecified atom stereocenters. The third-order valence-corrected chi connectivity index (χ3v) is 4.35. The number of hydrogen-bond acceptors (Lipinski definition) is 6. The number of aromatic nitrogens is 2. The van der Waals surface area contributed by atoms with Crippen LogP contribution in [-0.2, 0) is 0 Å². The fraction of sp³-hybridized carbons (Fsp3) is 0.167. The lowest BCUT2D eigenvalue weighted by molar-refractivity contribution is 0.0701. The average Bonchev–Trinajstić information content (AvgIpc) is 2.69. The van der Waals surface area contributed by atoms with Crippen molar-refractivity contribution in [1.29, 1.82) is 5.26 Å². The molecule has 2 aromatic heterocycles. The predicted octanol–water partition coefficient (Wildman–Crippen LogP) is 2.88. The predicted molar refractivity (Wildman–Crippen MR) is 71.6 cm³/mol. The van der Waals surface area contributed by atoms with Gasteiger partial charge in [-0.15, -0.1) is 0 Å². The Morgan fingerprint density at radius 1 is 1.42 bits per heavy atom. The number of aromatic carboxylic acids is 1. The van der Waals surface area contributed by atoms with Crippen molar-refractivity contribution in [2.24, 2.45) is 0 Å². The van der Waals surface area contributed by atoms with E-state index in [9.17, 15) is 4.79 Å². The summed E-state index contributed by atoms with van der Waals surface area (Å²) in [5.74, 6) is -0.975. The molecule has 2 heterocycles. The first kappa shape index (κ1) is 13.5. The Labute approximate surface area is 117 Å². The number of thiazole rings is 1. The van der Waals surface area contributed by atoms with E-state index in [1.54, 1.807) is 26.0 Å². The fourth-order valence-corrected chi connectivity index (χ4v) is 3.51. The lowest BCUT2D eigenvalue weighted by Crippen LogP contribution is -1.94. The van der Waals surface area contributed by atoms with E-state index < -0.39 is 5.97 Å². The fourth-order valence-electron chi connectivity index (χ4n) is 1.46. The van der Waals surface area contributed by atoms with E-state index in [1.165, 1.54) is 11.8 Å². The van der Waals surface area contributed by atoms with E-state index in [0.29, 0.717) is 20.6 Å². The molecule has 0 atom stereocenters. The van der Waals surface area contributed by atoms with Gasteiger partial charge in [-0.3, -0.25) is 0 Å². The highest BCUT2D eigenvalue weighted by Gasteiger charge is 2.15. The van der Waals surface area contributed by atoms with Crippen molar-refractivity contribution in [3.05, 3.63) is 34.0 Å². The van der Waals surface area contributed by atoms with Crippen LogP contribution in [-0.4, -0.2) is 21.0 Å². The molecule has 2 aromatic rings. The second-order valence-corrected chi connectivity index (χ2v) is 6.02. The Balaban J connectivity index is 2.31. The number of nitrogens with zero attached hydrogens (tertiary/aromatic N) is 3. The van der Waals surface area contributed by atoms with Crippen molar-refractivity contribution >= 4 is 29.1 Å². The molecule has 0 saturated carbocycles. The van der Waals surface area contributed by atoms with Gasteiger partial charge in [0, 0.05) is 5.69 Å². The number of nitriles is 1. The molecular weight excluding hydrogens is 282 g/mol. The van der Waals surface area contributed by atoms with Crippen LogP contribution in [0.25, 0.3) is 0 Å². The maximum atomic E-state index is 10.9. The maximum Gasteiger partial charge on any atom is 0.347 e. The van der Waals surface area contributed by atoms with Gasteiger partial charge in [-0.05, 0) is 37.7 Å². The highest BCUT2D eigenvalue weighted by atomic mass is 32.2. The van der Waals surface area contributed by atoms with Gasteiger partial charge in [0.25, 0.3) is 0 Å². The molecule has 5 nitrogen and oxygen atoms in total. The van der Waals surface area contributed by atoms with Crippen LogP contribution in [0.1, 0.15) is 26.6 Å². The summed E-state index contributed by atoms with van der Waals surface area (Å²) in [6.07, 6.45) is 0. The molecule has 0 fully saturated rings. The summed E-state index contributed by atoms with van der Waals surface area (Å²) in [4.78, 5) is 19.7. The molecule has 7 heteroatoms. The van der Waals surface area contributed by atoms with Gasteiger partial charge in [-0.1, -0.05) is 11.3 Å². The number of aryl methyl sites for hydroxylation is 2. The first-order valence-electron chi connectivity index (χ1n) is 5.27. The molecule has 0 aromatic carbocycles. The lowest BCUT2D eigenvalue weighted by atomic mass is 10.2. The topological polar surface area (TPSA) is 86.9 Å². The molecule has 0 bridgehead atoms. The van der Waals surface area contributed by atoms with Crippen molar-refractivity contribution in [1.82, 2.24) is 9.97 Å². The summed E-state index contributed by atoms with van der Waals surface area (Å²) in [6, 6.07) is 5.42. The molecule has 0 amide bonds. The average molecular weight is 291 g/mol. The van der Waals surface area contributed by atoms with Crippen molar-refractivity contribution in [2.75, 3.05) is 0 Å². The number of carboxylic acid groups (broad SMARTS) is 1. The van der Waals surface area contributed by atoms with E-state index in [1.807, 2.05) is 0 Å². The third-order valence-electron chi connectivity index (χ3n) is 2.22. The van der Waals surface area contributed by atoms with E-state index >= 15 is 0 Å². The summed E-state index contributed by atoms with van der Waals surface area (Å²) in [5.41, 5.74) is 1.77. The first-order valence-corrected chi connectivity index (χ1v) is 6.90. The van der Waals surface area contributed by atoms with Crippen LogP contribution in [0.15, 0.2) is 21.5 Å². The molecule has 0 saturated heterocycles. The van der Waals surface area contributed by atoms with Gasteiger partial charge in [0.05, 0.1) is 17.3 Å². The van der Waals surface area contributed by atoms with Crippen LogP contribution in [0.3, 0.4) is 0 Å². The summed E-state index contributed by atoms with van der Waals surface area (Å²) in [5, 5.41) is 18.5. The van der Waals surface area contributed by atoms with Crippen molar-refractivity contribution in [2.45, 2.75) is 23.2 Å². The molecule has 0 spiro atoms.